The van der Waals surface area contributed by atoms with Gasteiger partial charge in [-0.15, -0.1) is 0 Å². The number of thiocyanates is 1. The molecular formula is C12H19NO2S. The molecule has 90 valence electrons. The van der Waals surface area contributed by atoms with E-state index < -0.39 is 0 Å². The van der Waals surface area contributed by atoms with Crippen LogP contribution in [0.5, 0.6) is 0 Å². The summed E-state index contributed by atoms with van der Waals surface area (Å²) in [5, 5.41) is 10.4. The van der Waals surface area contributed by atoms with Gasteiger partial charge in [0.25, 0.3) is 0 Å². The SMILES string of the molecule is C=CC(=O)OCCCCCCCCSC#N. The molecule has 0 rings (SSSR count). The summed E-state index contributed by atoms with van der Waals surface area (Å²) in [5.74, 6) is 0.599. The Morgan fingerprint density at radius 2 is 1.88 bits per heavy atom. The molecule has 0 aliphatic rings. The zero-order valence-electron chi connectivity index (χ0n) is 9.61. The third kappa shape index (κ3) is 11.1. The first-order valence-corrected chi connectivity index (χ1v) is 6.60. The predicted molar refractivity (Wildman–Crippen MR) is 66.9 cm³/mol. The van der Waals surface area contributed by atoms with Crippen molar-refractivity contribution in [1.29, 1.82) is 5.26 Å². The first-order chi connectivity index (χ1) is 7.81. The molecule has 16 heavy (non-hydrogen) atoms. The van der Waals surface area contributed by atoms with Crippen LogP contribution in [0.1, 0.15) is 38.5 Å². The van der Waals surface area contributed by atoms with Crippen molar-refractivity contribution >= 4 is 17.7 Å². The summed E-state index contributed by atoms with van der Waals surface area (Å²) in [4.78, 5) is 10.7. The lowest BCUT2D eigenvalue weighted by atomic mass is 10.1. The lowest BCUT2D eigenvalue weighted by molar-refractivity contribution is -0.137. The normalized spacial score (nSPS) is 9.44. The highest BCUT2D eigenvalue weighted by Crippen LogP contribution is 2.08. The van der Waals surface area contributed by atoms with Gasteiger partial charge in [-0.25, -0.2) is 4.79 Å². The highest BCUT2D eigenvalue weighted by atomic mass is 32.2. The second-order valence-corrected chi connectivity index (χ2v) is 4.31. The second-order valence-electron chi connectivity index (χ2n) is 3.43. The molecule has 0 radical (unpaired) electrons. The Hall–Kier alpha value is -0.950. The molecule has 0 heterocycles. The average molecular weight is 241 g/mol. The first-order valence-electron chi connectivity index (χ1n) is 5.61. The van der Waals surface area contributed by atoms with Crippen molar-refractivity contribution in [2.75, 3.05) is 12.4 Å². The summed E-state index contributed by atoms with van der Waals surface area (Å²) in [7, 11) is 0. The minimum Gasteiger partial charge on any atom is -0.463 e. The lowest BCUT2D eigenvalue weighted by Crippen LogP contribution is -2.01. The molecule has 0 aromatic heterocycles. The highest BCUT2D eigenvalue weighted by molar-refractivity contribution is 8.03. The number of nitriles is 1. The van der Waals surface area contributed by atoms with Gasteiger partial charge in [0.15, 0.2) is 0 Å². The maximum atomic E-state index is 10.7. The standard InChI is InChI=1S/C12H19NO2S/c1-2-12(14)15-9-7-5-3-4-6-8-10-16-11-13/h2H,1,3-10H2. The number of thioether (sulfide) groups is 1. The van der Waals surface area contributed by atoms with E-state index in [0.717, 1.165) is 25.0 Å². The van der Waals surface area contributed by atoms with Crippen LogP contribution in [-0.4, -0.2) is 18.3 Å². The van der Waals surface area contributed by atoms with Crippen LogP contribution in [-0.2, 0) is 9.53 Å². The van der Waals surface area contributed by atoms with E-state index in [1.54, 1.807) is 0 Å². The van der Waals surface area contributed by atoms with Crippen LogP contribution < -0.4 is 0 Å². The molecule has 0 N–H and O–H groups in total. The molecular weight excluding hydrogens is 222 g/mol. The van der Waals surface area contributed by atoms with Crippen molar-refractivity contribution in [3.05, 3.63) is 12.7 Å². The summed E-state index contributed by atoms with van der Waals surface area (Å²) in [6.07, 6.45) is 7.87. The van der Waals surface area contributed by atoms with Crippen molar-refractivity contribution in [2.24, 2.45) is 0 Å². The Balaban J connectivity index is 3.02. The number of carbonyl (C=O) groups is 1. The summed E-state index contributed by atoms with van der Waals surface area (Å²) in [6, 6.07) is 0. The molecule has 0 fully saturated rings. The highest BCUT2D eigenvalue weighted by Gasteiger charge is 1.95. The molecule has 0 bridgehead atoms. The average Bonchev–Trinajstić information content (AvgIpc) is 2.31. The molecule has 0 aromatic carbocycles. The Morgan fingerprint density at radius 3 is 2.50 bits per heavy atom. The van der Waals surface area contributed by atoms with Crippen molar-refractivity contribution in [3.63, 3.8) is 0 Å². The lowest BCUT2D eigenvalue weighted by Gasteiger charge is -2.02. The number of hydrogen-bond donors (Lipinski definition) is 0. The largest absolute Gasteiger partial charge is 0.463 e. The van der Waals surface area contributed by atoms with E-state index in [2.05, 4.69) is 12.0 Å². The molecule has 3 nitrogen and oxygen atoms in total. The van der Waals surface area contributed by atoms with Gasteiger partial charge in [0.1, 0.15) is 5.40 Å². The first kappa shape index (κ1) is 15.0. The van der Waals surface area contributed by atoms with Gasteiger partial charge in [0.05, 0.1) is 6.61 Å². The number of nitrogens with zero attached hydrogens (tertiary/aromatic N) is 1. The minimum atomic E-state index is -0.339. The number of ether oxygens (including phenoxy) is 1. The molecule has 0 aliphatic heterocycles. The molecule has 0 spiro atoms. The number of unbranched alkanes of at least 4 members (excludes halogenated alkanes) is 5. The van der Waals surface area contributed by atoms with Crippen LogP contribution >= 0.6 is 11.8 Å². The van der Waals surface area contributed by atoms with E-state index in [-0.39, 0.29) is 5.97 Å². The number of rotatable bonds is 10. The van der Waals surface area contributed by atoms with Gasteiger partial charge in [-0.3, -0.25) is 0 Å². The smallest absolute Gasteiger partial charge is 0.330 e. The monoisotopic (exact) mass is 241 g/mol. The molecule has 0 unspecified atom stereocenters. The fourth-order valence-corrected chi connectivity index (χ4v) is 1.70. The van der Waals surface area contributed by atoms with E-state index in [1.165, 1.54) is 37.1 Å². The fourth-order valence-electron chi connectivity index (χ4n) is 1.26. The van der Waals surface area contributed by atoms with Crippen LogP contribution in [0.15, 0.2) is 12.7 Å². The fraction of sp³-hybridized carbons (Fsp3) is 0.667. The van der Waals surface area contributed by atoms with E-state index in [4.69, 9.17) is 10.00 Å². The topological polar surface area (TPSA) is 50.1 Å². The number of hydrogen-bond acceptors (Lipinski definition) is 4. The van der Waals surface area contributed by atoms with Crippen molar-refractivity contribution in [2.45, 2.75) is 38.5 Å². The van der Waals surface area contributed by atoms with Crippen LogP contribution in [0.2, 0.25) is 0 Å². The zero-order valence-corrected chi connectivity index (χ0v) is 10.4. The minimum absolute atomic E-state index is 0.339. The van der Waals surface area contributed by atoms with Crippen molar-refractivity contribution in [3.8, 4) is 5.40 Å². The second kappa shape index (κ2) is 12.1. The van der Waals surface area contributed by atoms with E-state index in [1.807, 2.05) is 0 Å². The molecule has 0 saturated heterocycles. The van der Waals surface area contributed by atoms with Gasteiger partial charge in [-0.05, 0) is 24.6 Å². The summed E-state index contributed by atoms with van der Waals surface area (Å²) in [6.45, 7) is 3.82. The molecule has 0 aromatic rings. The summed E-state index contributed by atoms with van der Waals surface area (Å²) >= 11 is 1.32. The summed E-state index contributed by atoms with van der Waals surface area (Å²) < 4.78 is 4.85. The van der Waals surface area contributed by atoms with Gasteiger partial charge in [-0.2, -0.15) is 5.26 Å². The van der Waals surface area contributed by atoms with E-state index in [9.17, 15) is 4.79 Å². The van der Waals surface area contributed by atoms with E-state index >= 15 is 0 Å². The molecule has 0 atom stereocenters. The van der Waals surface area contributed by atoms with Gasteiger partial charge < -0.3 is 4.74 Å². The molecule has 0 amide bonds. The van der Waals surface area contributed by atoms with Crippen LogP contribution in [0, 0.1) is 10.7 Å². The third-order valence-electron chi connectivity index (χ3n) is 2.12. The Labute approximate surface area is 102 Å². The number of carbonyl (C=O) groups excluding carboxylic acids is 1. The Kier molecular flexibility index (Phi) is 11.4. The molecule has 0 aliphatic carbocycles. The van der Waals surface area contributed by atoms with Crippen LogP contribution in [0.3, 0.4) is 0 Å². The maximum Gasteiger partial charge on any atom is 0.330 e. The number of esters is 1. The summed E-state index contributed by atoms with van der Waals surface area (Å²) in [5.41, 5.74) is 0. The predicted octanol–water partition coefficient (Wildman–Crippen LogP) is 3.27. The van der Waals surface area contributed by atoms with Crippen molar-refractivity contribution in [1.82, 2.24) is 0 Å². The van der Waals surface area contributed by atoms with Gasteiger partial charge in [-0.1, -0.05) is 32.3 Å². The maximum absolute atomic E-state index is 10.7. The molecule has 0 saturated carbocycles. The van der Waals surface area contributed by atoms with E-state index in [0.29, 0.717) is 6.61 Å². The zero-order chi connectivity index (χ0) is 12.1. The Bertz CT molecular complexity index is 236. The van der Waals surface area contributed by atoms with Gasteiger partial charge >= 0.3 is 5.97 Å². The van der Waals surface area contributed by atoms with Gasteiger partial charge in [0.2, 0.25) is 0 Å². The Morgan fingerprint density at radius 1 is 1.25 bits per heavy atom. The van der Waals surface area contributed by atoms with Gasteiger partial charge in [0, 0.05) is 11.8 Å². The van der Waals surface area contributed by atoms with Crippen LogP contribution in [0.4, 0.5) is 0 Å². The van der Waals surface area contributed by atoms with Crippen LogP contribution in [0.25, 0.3) is 0 Å². The molecule has 4 heteroatoms. The third-order valence-corrected chi connectivity index (χ3v) is 2.74. The quantitative estimate of drug-likeness (QED) is 0.255. The van der Waals surface area contributed by atoms with Crippen molar-refractivity contribution < 1.29 is 9.53 Å².